The van der Waals surface area contributed by atoms with Gasteiger partial charge < -0.3 is 9.47 Å². The van der Waals surface area contributed by atoms with Gasteiger partial charge in [-0.25, -0.2) is 4.79 Å². The summed E-state index contributed by atoms with van der Waals surface area (Å²) in [4.78, 5) is 11.9. The van der Waals surface area contributed by atoms with Crippen LogP contribution >= 0.6 is 0 Å². The molecule has 0 heterocycles. The molecule has 1 aliphatic carbocycles. The molecule has 138 valence electrons. The topological polar surface area (TPSA) is 35.5 Å². The van der Waals surface area contributed by atoms with Crippen LogP contribution in [0.2, 0.25) is 0 Å². The van der Waals surface area contributed by atoms with E-state index in [2.05, 4.69) is 19.9 Å². The first-order valence-corrected chi connectivity index (χ1v) is 9.72. The molecule has 0 aromatic heterocycles. The molecule has 1 aromatic carbocycles. The number of allylic oxidation sites excluding steroid dienone is 1. The van der Waals surface area contributed by atoms with E-state index in [-0.39, 0.29) is 6.10 Å². The first kappa shape index (κ1) is 19.6. The molecule has 0 N–H and O–H groups in total. The predicted molar refractivity (Wildman–Crippen MR) is 102 cm³/mol. The summed E-state index contributed by atoms with van der Waals surface area (Å²) in [5.74, 6) is 2.06. The maximum Gasteiger partial charge on any atom is 0.514 e. The summed E-state index contributed by atoms with van der Waals surface area (Å²) in [7, 11) is 0. The van der Waals surface area contributed by atoms with E-state index in [1.54, 1.807) is 12.1 Å². The molecule has 1 aliphatic rings. The Labute approximate surface area is 152 Å². The van der Waals surface area contributed by atoms with E-state index in [0.717, 1.165) is 24.7 Å². The molecule has 3 heteroatoms. The third-order valence-electron chi connectivity index (χ3n) is 5.29. The van der Waals surface area contributed by atoms with Crippen LogP contribution in [0, 0.1) is 11.8 Å². The number of para-hydroxylation sites is 1. The summed E-state index contributed by atoms with van der Waals surface area (Å²) in [6.07, 6.45) is 10.1. The van der Waals surface area contributed by atoms with Crippen LogP contribution in [-0.4, -0.2) is 12.3 Å². The van der Waals surface area contributed by atoms with Gasteiger partial charge in [0, 0.05) is 0 Å². The second-order valence-electron chi connectivity index (χ2n) is 7.21. The fraction of sp³-hybridized carbons (Fsp3) is 0.591. The van der Waals surface area contributed by atoms with Gasteiger partial charge in [-0.05, 0) is 55.7 Å². The summed E-state index contributed by atoms with van der Waals surface area (Å²) in [5, 5.41) is 0. The molecule has 2 rings (SSSR count). The quantitative estimate of drug-likeness (QED) is 0.233. The lowest BCUT2D eigenvalue weighted by atomic mass is 9.78. The van der Waals surface area contributed by atoms with E-state index in [4.69, 9.17) is 9.47 Å². The number of rotatable bonds is 8. The summed E-state index contributed by atoms with van der Waals surface area (Å²) >= 11 is 0. The van der Waals surface area contributed by atoms with Gasteiger partial charge in [0.05, 0.1) is 0 Å². The first-order chi connectivity index (χ1) is 12.1. The lowest BCUT2D eigenvalue weighted by Gasteiger charge is -2.29. The van der Waals surface area contributed by atoms with E-state index in [1.807, 2.05) is 25.1 Å². The monoisotopic (exact) mass is 344 g/mol. The minimum absolute atomic E-state index is 0.215. The molecule has 3 unspecified atom stereocenters. The number of benzene rings is 1. The molecule has 0 aliphatic heterocycles. The zero-order chi connectivity index (χ0) is 18.1. The molecular formula is C22H32O3. The Morgan fingerprint density at radius 2 is 1.96 bits per heavy atom. The van der Waals surface area contributed by atoms with Crippen molar-refractivity contribution < 1.29 is 14.3 Å². The van der Waals surface area contributed by atoms with Crippen LogP contribution in [0.4, 0.5) is 4.79 Å². The average Bonchev–Trinajstić information content (AvgIpc) is 2.62. The Bertz CT molecular complexity index is 550. The lowest BCUT2D eigenvalue weighted by Crippen LogP contribution is -2.23. The summed E-state index contributed by atoms with van der Waals surface area (Å²) < 4.78 is 10.6. The van der Waals surface area contributed by atoms with Gasteiger partial charge in [0.15, 0.2) is 0 Å². The van der Waals surface area contributed by atoms with Crippen molar-refractivity contribution in [1.29, 1.82) is 0 Å². The molecular weight excluding hydrogens is 312 g/mol. The molecule has 0 fully saturated rings. The number of carbonyl (C=O) groups excluding carboxylic acids is 1. The highest BCUT2D eigenvalue weighted by Crippen LogP contribution is 2.33. The van der Waals surface area contributed by atoms with Crippen LogP contribution in [0.25, 0.3) is 0 Å². The van der Waals surface area contributed by atoms with Crippen molar-refractivity contribution in [2.75, 3.05) is 0 Å². The summed E-state index contributed by atoms with van der Waals surface area (Å²) in [6, 6.07) is 9.04. The zero-order valence-corrected chi connectivity index (χ0v) is 15.9. The molecule has 0 saturated carbocycles. The largest absolute Gasteiger partial charge is 0.514 e. The van der Waals surface area contributed by atoms with Crippen molar-refractivity contribution in [1.82, 2.24) is 0 Å². The van der Waals surface area contributed by atoms with Gasteiger partial charge in [0.2, 0.25) is 0 Å². The van der Waals surface area contributed by atoms with Crippen LogP contribution in [0.15, 0.2) is 42.0 Å². The average molecular weight is 344 g/mol. The Hall–Kier alpha value is -1.77. The van der Waals surface area contributed by atoms with Crippen molar-refractivity contribution in [2.45, 2.75) is 71.8 Å². The fourth-order valence-electron chi connectivity index (χ4n) is 3.54. The summed E-state index contributed by atoms with van der Waals surface area (Å²) in [5.41, 5.74) is 1.22. The van der Waals surface area contributed by atoms with E-state index in [0.29, 0.717) is 5.75 Å². The van der Waals surface area contributed by atoms with Gasteiger partial charge in [-0.3, -0.25) is 0 Å². The molecule has 0 saturated heterocycles. The molecule has 1 aromatic rings. The third kappa shape index (κ3) is 6.56. The zero-order valence-electron chi connectivity index (χ0n) is 15.9. The number of unbranched alkanes of at least 4 members (excludes halogenated alkanes) is 2. The minimum atomic E-state index is -0.630. The van der Waals surface area contributed by atoms with Crippen LogP contribution in [-0.2, 0) is 4.74 Å². The Kier molecular flexibility index (Phi) is 8.03. The maximum absolute atomic E-state index is 11.9. The van der Waals surface area contributed by atoms with Crippen LogP contribution in [0.3, 0.4) is 0 Å². The van der Waals surface area contributed by atoms with Crippen LogP contribution < -0.4 is 4.74 Å². The van der Waals surface area contributed by atoms with E-state index >= 15 is 0 Å². The SMILES string of the molecule is CCCCCC(C)C1CC=C(C(C)OC(=O)Oc2ccccc2)CC1. The molecule has 0 spiro atoms. The number of carbonyl (C=O) groups is 1. The molecule has 25 heavy (non-hydrogen) atoms. The van der Waals surface area contributed by atoms with Gasteiger partial charge in [0.25, 0.3) is 0 Å². The van der Waals surface area contributed by atoms with Crippen LogP contribution in [0.5, 0.6) is 5.75 Å². The highest BCUT2D eigenvalue weighted by atomic mass is 16.7. The van der Waals surface area contributed by atoms with E-state index in [1.165, 1.54) is 37.7 Å². The van der Waals surface area contributed by atoms with E-state index < -0.39 is 6.16 Å². The number of hydrogen-bond donors (Lipinski definition) is 0. The van der Waals surface area contributed by atoms with Crippen molar-refractivity contribution in [3.05, 3.63) is 42.0 Å². The molecule has 0 amide bonds. The van der Waals surface area contributed by atoms with Gasteiger partial charge in [-0.1, -0.05) is 63.8 Å². The van der Waals surface area contributed by atoms with Gasteiger partial charge in [0.1, 0.15) is 11.9 Å². The van der Waals surface area contributed by atoms with Crippen molar-refractivity contribution >= 4 is 6.16 Å². The second-order valence-corrected chi connectivity index (χ2v) is 7.21. The fourth-order valence-corrected chi connectivity index (χ4v) is 3.54. The molecule has 3 atom stereocenters. The first-order valence-electron chi connectivity index (χ1n) is 9.72. The number of hydrogen-bond acceptors (Lipinski definition) is 3. The highest BCUT2D eigenvalue weighted by Gasteiger charge is 2.24. The smallest absolute Gasteiger partial charge is 0.426 e. The Morgan fingerprint density at radius 3 is 2.60 bits per heavy atom. The van der Waals surface area contributed by atoms with Gasteiger partial charge in [-0.2, -0.15) is 0 Å². The number of ether oxygens (including phenoxy) is 2. The standard InChI is InChI=1S/C22H32O3/c1-4-5-7-10-17(2)19-13-15-20(16-14-19)18(3)24-22(23)25-21-11-8-6-9-12-21/h6,8-9,11-12,15,17-19H,4-5,7,10,13-14,16H2,1-3H3. The highest BCUT2D eigenvalue weighted by molar-refractivity contribution is 5.64. The Morgan fingerprint density at radius 1 is 1.20 bits per heavy atom. The van der Waals surface area contributed by atoms with Crippen molar-refractivity contribution in [3.8, 4) is 5.75 Å². The molecule has 0 bridgehead atoms. The molecule has 3 nitrogen and oxygen atoms in total. The lowest BCUT2D eigenvalue weighted by molar-refractivity contribution is 0.0759. The summed E-state index contributed by atoms with van der Waals surface area (Å²) in [6.45, 7) is 6.57. The predicted octanol–water partition coefficient (Wildman–Crippen LogP) is 6.53. The maximum atomic E-state index is 11.9. The van der Waals surface area contributed by atoms with Gasteiger partial charge >= 0.3 is 6.16 Å². The molecule has 0 radical (unpaired) electrons. The van der Waals surface area contributed by atoms with Crippen molar-refractivity contribution in [3.63, 3.8) is 0 Å². The Balaban J connectivity index is 1.77. The van der Waals surface area contributed by atoms with Crippen LogP contribution in [0.1, 0.15) is 65.7 Å². The van der Waals surface area contributed by atoms with Gasteiger partial charge in [-0.15, -0.1) is 0 Å². The van der Waals surface area contributed by atoms with E-state index in [9.17, 15) is 4.79 Å². The normalized spacial score (nSPS) is 19.6. The second kappa shape index (κ2) is 10.3. The minimum Gasteiger partial charge on any atom is -0.426 e. The van der Waals surface area contributed by atoms with Crippen molar-refractivity contribution in [2.24, 2.45) is 11.8 Å². The third-order valence-corrected chi connectivity index (χ3v) is 5.29.